The summed E-state index contributed by atoms with van der Waals surface area (Å²) in [7, 11) is -4.11. The Labute approximate surface area is 311 Å². The SMILES string of the molecule is CCOC(=O)CC(c1ccc(C)c(CN2CC=C(OCc3ccccc3)OS2(=O)=O)c1)c1ccc2c(nnn2CCCCOCc2ccccc2)c1C. The summed E-state index contributed by atoms with van der Waals surface area (Å²) in [5.41, 5.74) is 8.18. The number of hydrogen-bond acceptors (Lipinski definition) is 9. The number of fused-ring (bicyclic) bond motifs is 1. The average molecular weight is 739 g/mol. The van der Waals surface area contributed by atoms with Gasteiger partial charge in [0.15, 0.2) is 0 Å². The quantitative estimate of drug-likeness (QED) is 0.0717. The van der Waals surface area contributed by atoms with Crippen LogP contribution in [0.1, 0.15) is 71.0 Å². The van der Waals surface area contributed by atoms with E-state index in [9.17, 15) is 13.2 Å². The first-order chi connectivity index (χ1) is 25.7. The normalized spacial score (nSPS) is 14.7. The van der Waals surface area contributed by atoms with Crippen LogP contribution in [0, 0.1) is 13.8 Å². The fourth-order valence-corrected chi connectivity index (χ4v) is 7.41. The van der Waals surface area contributed by atoms with E-state index in [1.54, 1.807) is 13.0 Å². The third-order valence-corrected chi connectivity index (χ3v) is 10.7. The molecule has 12 heteroatoms. The summed E-state index contributed by atoms with van der Waals surface area (Å²) in [6.07, 6.45) is 3.52. The first kappa shape index (κ1) is 37.7. The van der Waals surface area contributed by atoms with Crippen molar-refractivity contribution in [2.75, 3.05) is 19.8 Å². The van der Waals surface area contributed by atoms with Gasteiger partial charge in [0.25, 0.3) is 5.95 Å². The lowest BCUT2D eigenvalue weighted by Gasteiger charge is -2.26. The minimum Gasteiger partial charge on any atom is -0.466 e. The number of carbonyl (C=O) groups is 1. The maximum Gasteiger partial charge on any atom is 0.388 e. The highest BCUT2D eigenvalue weighted by Crippen LogP contribution is 2.35. The lowest BCUT2D eigenvalue weighted by molar-refractivity contribution is -0.143. The number of aryl methyl sites for hydroxylation is 3. The molecule has 1 aromatic heterocycles. The average Bonchev–Trinajstić information content (AvgIpc) is 3.58. The number of nitrogens with zero attached hydrogens (tertiary/aromatic N) is 4. The highest BCUT2D eigenvalue weighted by molar-refractivity contribution is 7.84. The van der Waals surface area contributed by atoms with Crippen LogP contribution in [0.5, 0.6) is 0 Å². The third kappa shape index (κ3) is 9.69. The van der Waals surface area contributed by atoms with E-state index in [4.69, 9.17) is 18.4 Å². The zero-order valence-electron chi connectivity index (χ0n) is 30.4. The van der Waals surface area contributed by atoms with Crippen molar-refractivity contribution in [3.63, 3.8) is 0 Å². The number of rotatable bonds is 17. The van der Waals surface area contributed by atoms with Gasteiger partial charge in [-0.3, -0.25) is 4.79 Å². The Morgan fingerprint density at radius 3 is 2.38 bits per heavy atom. The summed E-state index contributed by atoms with van der Waals surface area (Å²) >= 11 is 0. The van der Waals surface area contributed by atoms with E-state index in [0.29, 0.717) is 19.8 Å². The smallest absolute Gasteiger partial charge is 0.388 e. The second-order valence-corrected chi connectivity index (χ2v) is 14.6. The van der Waals surface area contributed by atoms with Crippen LogP contribution < -0.4 is 0 Å². The van der Waals surface area contributed by atoms with Crippen LogP contribution in [0.2, 0.25) is 0 Å². The molecule has 4 aromatic carbocycles. The Bertz CT molecular complexity index is 2140. The number of hydrogen-bond donors (Lipinski definition) is 0. The van der Waals surface area contributed by atoms with E-state index < -0.39 is 10.3 Å². The molecule has 0 saturated heterocycles. The predicted octanol–water partition coefficient (Wildman–Crippen LogP) is 7.27. The molecule has 278 valence electrons. The van der Waals surface area contributed by atoms with Crippen molar-refractivity contribution in [1.29, 1.82) is 0 Å². The Morgan fingerprint density at radius 1 is 0.925 bits per heavy atom. The minimum atomic E-state index is -4.11. The van der Waals surface area contributed by atoms with Crippen molar-refractivity contribution >= 4 is 27.3 Å². The molecule has 1 aliphatic heterocycles. The molecule has 6 rings (SSSR count). The summed E-state index contributed by atoms with van der Waals surface area (Å²) < 4.78 is 51.8. The predicted molar refractivity (Wildman–Crippen MR) is 202 cm³/mol. The highest BCUT2D eigenvalue weighted by atomic mass is 32.2. The van der Waals surface area contributed by atoms with Crippen molar-refractivity contribution < 1.29 is 31.6 Å². The molecular weight excluding hydrogens is 693 g/mol. The van der Waals surface area contributed by atoms with Gasteiger partial charge in [-0.25, -0.2) is 4.68 Å². The molecular formula is C41H46N4O7S. The van der Waals surface area contributed by atoms with Crippen molar-refractivity contribution in [3.05, 3.63) is 142 Å². The highest BCUT2D eigenvalue weighted by Gasteiger charge is 2.31. The first-order valence-electron chi connectivity index (χ1n) is 18.0. The molecule has 0 spiro atoms. The lowest BCUT2D eigenvalue weighted by atomic mass is 9.84. The molecule has 0 bridgehead atoms. The van der Waals surface area contributed by atoms with Crippen LogP contribution in [0.15, 0.2) is 103 Å². The number of benzene rings is 4. The monoisotopic (exact) mass is 738 g/mol. The molecule has 11 nitrogen and oxygen atoms in total. The number of esters is 1. The summed E-state index contributed by atoms with van der Waals surface area (Å²) in [6, 6.07) is 29.6. The van der Waals surface area contributed by atoms with Crippen molar-refractivity contribution in [2.45, 2.75) is 72.3 Å². The van der Waals surface area contributed by atoms with Crippen molar-refractivity contribution in [1.82, 2.24) is 19.3 Å². The van der Waals surface area contributed by atoms with Gasteiger partial charge >= 0.3 is 16.3 Å². The van der Waals surface area contributed by atoms with Crippen LogP contribution in [0.25, 0.3) is 11.0 Å². The fourth-order valence-electron chi connectivity index (χ4n) is 6.43. The molecule has 0 saturated carbocycles. The number of aromatic nitrogens is 3. The summed E-state index contributed by atoms with van der Waals surface area (Å²) in [6.45, 7) is 8.33. The van der Waals surface area contributed by atoms with Crippen molar-refractivity contribution in [2.24, 2.45) is 0 Å². The van der Waals surface area contributed by atoms with Gasteiger partial charge in [-0.15, -0.1) is 5.10 Å². The molecule has 53 heavy (non-hydrogen) atoms. The van der Waals surface area contributed by atoms with E-state index in [1.807, 2.05) is 97.4 Å². The van der Waals surface area contributed by atoms with Crippen LogP contribution >= 0.6 is 0 Å². The molecule has 0 aliphatic carbocycles. The summed E-state index contributed by atoms with van der Waals surface area (Å²) in [5.74, 6) is -0.727. The van der Waals surface area contributed by atoms with Gasteiger partial charge in [0.2, 0.25) is 0 Å². The number of unbranched alkanes of at least 4 members (excludes halogenated alkanes) is 1. The van der Waals surface area contributed by atoms with Gasteiger partial charge in [-0.05, 0) is 78.6 Å². The molecule has 0 fully saturated rings. The number of carbonyl (C=O) groups excluding carboxylic acids is 1. The Hall–Kier alpha value is -5.04. The van der Waals surface area contributed by atoms with Gasteiger partial charge in [-0.2, -0.15) is 12.7 Å². The lowest BCUT2D eigenvalue weighted by Crippen LogP contribution is -2.36. The first-order valence-corrected chi connectivity index (χ1v) is 19.3. The second-order valence-electron chi connectivity index (χ2n) is 13.1. The van der Waals surface area contributed by atoms with E-state index >= 15 is 0 Å². The number of ether oxygens (including phenoxy) is 3. The van der Waals surface area contributed by atoms with Crippen LogP contribution in [-0.2, 0) is 59.8 Å². The molecule has 0 amide bonds. The maximum absolute atomic E-state index is 13.2. The van der Waals surface area contributed by atoms with Gasteiger partial charge in [0.05, 0.1) is 25.2 Å². The zero-order valence-corrected chi connectivity index (χ0v) is 31.3. The van der Waals surface area contributed by atoms with E-state index in [-0.39, 0.29) is 50.6 Å². The third-order valence-electron chi connectivity index (χ3n) is 9.37. The van der Waals surface area contributed by atoms with Crippen LogP contribution in [0.3, 0.4) is 0 Å². The summed E-state index contributed by atoms with van der Waals surface area (Å²) in [5, 5.41) is 9.02. The fraction of sp³-hybridized carbons (Fsp3) is 0.341. The maximum atomic E-state index is 13.2. The van der Waals surface area contributed by atoms with Gasteiger partial charge in [0, 0.05) is 38.2 Å². The van der Waals surface area contributed by atoms with Crippen LogP contribution in [-0.4, -0.2) is 53.4 Å². The van der Waals surface area contributed by atoms with Gasteiger partial charge < -0.3 is 18.4 Å². The molecule has 0 radical (unpaired) electrons. The molecule has 1 atom stereocenters. The zero-order chi connectivity index (χ0) is 37.2. The minimum absolute atomic E-state index is 0.0410. The van der Waals surface area contributed by atoms with Crippen LogP contribution in [0.4, 0.5) is 0 Å². The van der Waals surface area contributed by atoms with Gasteiger partial charge in [-0.1, -0.05) is 90.1 Å². The largest absolute Gasteiger partial charge is 0.466 e. The Morgan fingerprint density at radius 2 is 1.66 bits per heavy atom. The van der Waals surface area contributed by atoms with E-state index in [2.05, 4.69) is 22.4 Å². The van der Waals surface area contributed by atoms with Gasteiger partial charge in [0.1, 0.15) is 12.1 Å². The molecule has 2 heterocycles. The molecule has 1 aliphatic rings. The van der Waals surface area contributed by atoms with Crippen molar-refractivity contribution in [3.8, 4) is 0 Å². The Kier molecular flexibility index (Phi) is 12.6. The second kappa shape index (κ2) is 17.7. The molecule has 5 aromatic rings. The standard InChI is InChI=1S/C41H46N4O7S/c1-4-50-39(46)26-37(36-19-20-38-41(31(36)3)42-43-45(38)22-11-12-24-49-28-32-13-7-5-8-14-32)34-18-17-30(2)35(25-34)27-44-23-21-40(52-53(44,47)48)51-29-33-15-9-6-10-16-33/h5-10,13-21,25,37H,4,11-12,22-24,26-29H2,1-3H3. The van der Waals surface area contributed by atoms with E-state index in [1.165, 1.54) is 4.31 Å². The summed E-state index contributed by atoms with van der Waals surface area (Å²) in [4.78, 5) is 13.0. The topological polar surface area (TPSA) is 122 Å². The molecule has 0 N–H and O–H groups in total. The molecule has 1 unspecified atom stereocenters. The van der Waals surface area contributed by atoms with E-state index in [0.717, 1.165) is 62.8 Å². The Balaban J connectivity index is 1.17.